The van der Waals surface area contributed by atoms with Gasteiger partial charge in [-0.15, -0.1) is 5.10 Å². The molecular formula is C32H32ClN7O2. The molecule has 1 saturated heterocycles. The molecule has 9 nitrogen and oxygen atoms in total. The van der Waals surface area contributed by atoms with Gasteiger partial charge in [-0.2, -0.15) is 4.98 Å². The Kier molecular flexibility index (Phi) is 7.28. The van der Waals surface area contributed by atoms with Crippen molar-refractivity contribution in [2.75, 3.05) is 24.5 Å². The first-order valence-corrected chi connectivity index (χ1v) is 14.6. The molecule has 5 aromatic rings. The van der Waals surface area contributed by atoms with Crippen molar-refractivity contribution < 1.29 is 4.79 Å². The number of carbonyl (C=O) groups excluding carboxylic acids is 1. The van der Waals surface area contributed by atoms with E-state index in [1.807, 2.05) is 49.4 Å². The summed E-state index contributed by atoms with van der Waals surface area (Å²) in [6, 6.07) is 17.5. The Bertz CT molecular complexity index is 1890. The summed E-state index contributed by atoms with van der Waals surface area (Å²) in [5.41, 5.74) is 5.43. The van der Waals surface area contributed by atoms with Gasteiger partial charge >= 0.3 is 5.69 Å². The average Bonchev–Trinajstić information content (AvgIpc) is 3.44. The maximum atomic E-state index is 14.1. The van der Waals surface area contributed by atoms with Crippen molar-refractivity contribution in [3.63, 3.8) is 0 Å². The number of fused-ring (bicyclic) bond motifs is 2. The average molecular weight is 582 g/mol. The molecule has 1 fully saturated rings. The smallest absolute Gasteiger partial charge is 0.350 e. The van der Waals surface area contributed by atoms with Crippen LogP contribution in [0.15, 0.2) is 72.0 Å². The Labute approximate surface area is 248 Å². The number of piperazine rings is 1. The fourth-order valence-corrected chi connectivity index (χ4v) is 6.21. The largest absolute Gasteiger partial charge is 0.354 e. The molecule has 0 unspecified atom stereocenters. The summed E-state index contributed by atoms with van der Waals surface area (Å²) in [7, 11) is 0. The summed E-state index contributed by atoms with van der Waals surface area (Å²) in [4.78, 5) is 35.0. The number of aryl methyl sites for hydroxylation is 2. The molecule has 0 bridgehead atoms. The first-order valence-electron chi connectivity index (χ1n) is 14.2. The topological polar surface area (TPSA) is 89.2 Å². The third kappa shape index (κ3) is 4.54. The Morgan fingerprint density at radius 3 is 2.48 bits per heavy atom. The Morgan fingerprint density at radius 2 is 1.79 bits per heavy atom. The highest BCUT2D eigenvalue weighted by Crippen LogP contribution is 2.35. The van der Waals surface area contributed by atoms with Crippen molar-refractivity contribution >= 4 is 45.3 Å². The van der Waals surface area contributed by atoms with Gasteiger partial charge in [0, 0.05) is 31.1 Å². The van der Waals surface area contributed by atoms with E-state index in [1.165, 1.54) is 6.08 Å². The molecule has 0 aliphatic carbocycles. The molecule has 3 heterocycles. The van der Waals surface area contributed by atoms with Gasteiger partial charge in [0.2, 0.25) is 5.91 Å². The van der Waals surface area contributed by atoms with Crippen LogP contribution in [0.4, 0.5) is 5.82 Å². The molecule has 1 aliphatic heterocycles. The number of para-hydroxylation sites is 2. The second-order valence-electron chi connectivity index (χ2n) is 10.5. The number of aromatic nitrogens is 5. The van der Waals surface area contributed by atoms with Crippen LogP contribution < -0.4 is 10.6 Å². The lowest BCUT2D eigenvalue weighted by Gasteiger charge is -2.40. The van der Waals surface area contributed by atoms with Gasteiger partial charge in [-0.3, -0.25) is 9.36 Å². The van der Waals surface area contributed by atoms with Gasteiger partial charge < -0.3 is 9.80 Å². The number of rotatable bonds is 6. The molecule has 6 rings (SSSR count). The SMILES string of the molecule is C=CC(=O)N1CCN(c2nc(=O)n(-c3c(CC)cccc3CC)c3cc(-n4nnc5ccccc54)c(Cl)cc23)[C@@H](C)C1. The Balaban J connectivity index is 1.64. The number of halogens is 1. The summed E-state index contributed by atoms with van der Waals surface area (Å²) in [5, 5.41) is 9.93. The van der Waals surface area contributed by atoms with E-state index in [2.05, 4.69) is 47.8 Å². The lowest BCUT2D eigenvalue weighted by atomic mass is 10.0. The van der Waals surface area contributed by atoms with Gasteiger partial charge in [-0.25, -0.2) is 9.48 Å². The third-order valence-electron chi connectivity index (χ3n) is 8.09. The minimum Gasteiger partial charge on any atom is -0.350 e. The number of anilines is 1. The van der Waals surface area contributed by atoms with E-state index in [9.17, 15) is 9.59 Å². The number of hydrogen-bond acceptors (Lipinski definition) is 6. The van der Waals surface area contributed by atoms with E-state index >= 15 is 0 Å². The zero-order valence-corrected chi connectivity index (χ0v) is 24.7. The van der Waals surface area contributed by atoms with E-state index < -0.39 is 0 Å². The van der Waals surface area contributed by atoms with Crippen LogP contribution in [0.2, 0.25) is 5.02 Å². The van der Waals surface area contributed by atoms with Crippen LogP contribution in [0.3, 0.4) is 0 Å². The second-order valence-corrected chi connectivity index (χ2v) is 10.9. The molecule has 214 valence electrons. The van der Waals surface area contributed by atoms with Crippen LogP contribution in [-0.2, 0) is 17.6 Å². The van der Waals surface area contributed by atoms with Crippen molar-refractivity contribution in [2.45, 2.75) is 39.7 Å². The molecule has 0 spiro atoms. The van der Waals surface area contributed by atoms with E-state index in [0.29, 0.717) is 41.7 Å². The fourth-order valence-electron chi connectivity index (χ4n) is 5.97. The fraction of sp³-hybridized carbons (Fsp3) is 0.281. The van der Waals surface area contributed by atoms with Crippen molar-refractivity contribution in [3.8, 4) is 11.4 Å². The van der Waals surface area contributed by atoms with E-state index in [4.69, 9.17) is 16.6 Å². The number of carbonyl (C=O) groups is 1. The van der Waals surface area contributed by atoms with E-state index in [-0.39, 0.29) is 17.6 Å². The quantitative estimate of drug-likeness (QED) is 0.259. The normalized spacial score (nSPS) is 15.5. The molecule has 10 heteroatoms. The highest BCUT2D eigenvalue weighted by molar-refractivity contribution is 6.33. The van der Waals surface area contributed by atoms with Crippen LogP contribution in [-0.4, -0.2) is 61.0 Å². The molecule has 0 N–H and O–H groups in total. The second kappa shape index (κ2) is 11.1. The molecule has 2 aromatic heterocycles. The summed E-state index contributed by atoms with van der Waals surface area (Å²) < 4.78 is 3.43. The summed E-state index contributed by atoms with van der Waals surface area (Å²) in [6.45, 7) is 11.3. The minimum absolute atomic E-state index is 0.0829. The van der Waals surface area contributed by atoms with Crippen molar-refractivity contribution in [3.05, 3.63) is 93.9 Å². The number of benzene rings is 3. The molecule has 1 aliphatic rings. The van der Waals surface area contributed by atoms with Gasteiger partial charge in [0.15, 0.2) is 0 Å². The molecule has 0 saturated carbocycles. The third-order valence-corrected chi connectivity index (χ3v) is 8.40. The summed E-state index contributed by atoms with van der Waals surface area (Å²) in [5.74, 6) is 0.444. The maximum absolute atomic E-state index is 14.1. The van der Waals surface area contributed by atoms with E-state index in [1.54, 1.807) is 14.1 Å². The Hall–Kier alpha value is -4.50. The zero-order chi connectivity index (χ0) is 29.5. The lowest BCUT2D eigenvalue weighted by molar-refractivity contribution is -0.126. The molecule has 1 amide bonds. The number of nitrogens with zero attached hydrogens (tertiary/aromatic N) is 7. The van der Waals surface area contributed by atoms with Crippen LogP contribution in [0.5, 0.6) is 0 Å². The van der Waals surface area contributed by atoms with Crippen molar-refractivity contribution in [1.82, 2.24) is 29.4 Å². The Morgan fingerprint density at radius 1 is 1.05 bits per heavy atom. The molecule has 42 heavy (non-hydrogen) atoms. The van der Waals surface area contributed by atoms with Gasteiger partial charge in [-0.1, -0.05) is 67.6 Å². The van der Waals surface area contributed by atoms with Crippen LogP contribution in [0, 0.1) is 0 Å². The zero-order valence-electron chi connectivity index (χ0n) is 23.9. The van der Waals surface area contributed by atoms with Crippen LogP contribution in [0.1, 0.15) is 31.9 Å². The standard InChI is InChI=1S/C32H32ClN7O2/c1-5-21-11-10-12-22(6-2)30(21)39-27-18-28(40-26-14-9-8-13-25(26)35-36-40)24(33)17-23(27)31(34-32(39)42)38-16-15-37(19-20(38)4)29(41)7-3/h7-14,17-18,20H,3,5-6,15-16,19H2,1-2,4H3/t20-/m0/s1. The van der Waals surface area contributed by atoms with Gasteiger partial charge in [-0.05, 0) is 61.2 Å². The first-order chi connectivity index (χ1) is 20.4. The molecule has 3 aromatic carbocycles. The first kappa shape index (κ1) is 27.7. The van der Waals surface area contributed by atoms with Crippen LogP contribution >= 0.6 is 11.6 Å². The molecule has 1 atom stereocenters. The van der Waals surface area contributed by atoms with Crippen molar-refractivity contribution in [1.29, 1.82) is 0 Å². The number of hydrogen-bond donors (Lipinski definition) is 0. The monoisotopic (exact) mass is 581 g/mol. The van der Waals surface area contributed by atoms with Crippen molar-refractivity contribution in [2.24, 2.45) is 0 Å². The van der Waals surface area contributed by atoms with Gasteiger partial charge in [0.1, 0.15) is 11.3 Å². The highest BCUT2D eigenvalue weighted by Gasteiger charge is 2.30. The summed E-state index contributed by atoms with van der Waals surface area (Å²) in [6.07, 6.45) is 2.84. The maximum Gasteiger partial charge on any atom is 0.354 e. The predicted octanol–water partition coefficient (Wildman–Crippen LogP) is 5.12. The van der Waals surface area contributed by atoms with Gasteiger partial charge in [0.05, 0.1) is 27.4 Å². The highest BCUT2D eigenvalue weighted by atomic mass is 35.5. The molecular weight excluding hydrogens is 550 g/mol. The minimum atomic E-state index is -0.374. The predicted molar refractivity (Wildman–Crippen MR) is 167 cm³/mol. The summed E-state index contributed by atoms with van der Waals surface area (Å²) >= 11 is 6.99. The lowest BCUT2D eigenvalue weighted by Crippen LogP contribution is -2.54. The van der Waals surface area contributed by atoms with Gasteiger partial charge in [0.25, 0.3) is 0 Å². The van der Waals surface area contributed by atoms with E-state index in [0.717, 1.165) is 46.1 Å². The number of amides is 1. The van der Waals surface area contributed by atoms with Crippen LogP contribution in [0.25, 0.3) is 33.3 Å². The molecule has 0 radical (unpaired) electrons.